The zero-order chi connectivity index (χ0) is 12.5. The summed E-state index contributed by atoms with van der Waals surface area (Å²) in [6.45, 7) is 5.50. The number of nitrogens with zero attached hydrogens (tertiary/aromatic N) is 1. The van der Waals surface area contributed by atoms with Crippen molar-refractivity contribution in [2.24, 2.45) is 0 Å². The van der Waals surface area contributed by atoms with E-state index in [-0.39, 0.29) is 0 Å². The maximum Gasteiger partial charge on any atom is 0.0106 e. The molecular weight excluding hydrogens is 228 g/mol. The van der Waals surface area contributed by atoms with Crippen LogP contribution in [0.15, 0.2) is 29.2 Å². The van der Waals surface area contributed by atoms with Gasteiger partial charge in [0, 0.05) is 17.2 Å². The number of rotatable bonds is 8. The van der Waals surface area contributed by atoms with Crippen molar-refractivity contribution in [3.05, 3.63) is 29.8 Å². The standard InChI is InChI=1S/C14H24N2S/c1-13-5-7-14(8-6-13)17-12-10-15-9-4-11-16(2)3/h5-8,15H,4,9-12H2,1-3H3. The molecule has 0 saturated heterocycles. The molecule has 0 spiro atoms. The third kappa shape index (κ3) is 7.42. The second-order valence-corrected chi connectivity index (χ2v) is 5.74. The van der Waals surface area contributed by atoms with Gasteiger partial charge in [-0.15, -0.1) is 11.8 Å². The second kappa shape index (κ2) is 8.56. The highest BCUT2D eigenvalue weighted by Gasteiger charge is 1.94. The van der Waals surface area contributed by atoms with Crippen LogP contribution in [0.25, 0.3) is 0 Å². The first-order chi connectivity index (χ1) is 8.18. The largest absolute Gasteiger partial charge is 0.316 e. The Morgan fingerprint density at radius 1 is 1.12 bits per heavy atom. The van der Waals surface area contributed by atoms with Crippen LogP contribution in [0, 0.1) is 6.92 Å². The monoisotopic (exact) mass is 252 g/mol. The van der Waals surface area contributed by atoms with Crippen molar-refractivity contribution in [1.29, 1.82) is 0 Å². The number of nitrogens with one attached hydrogen (secondary N) is 1. The first-order valence-corrected chi connectivity index (χ1v) is 7.22. The van der Waals surface area contributed by atoms with Crippen LogP contribution in [0.3, 0.4) is 0 Å². The Labute approximate surface area is 110 Å². The zero-order valence-corrected chi connectivity index (χ0v) is 12.0. The molecule has 2 nitrogen and oxygen atoms in total. The van der Waals surface area contributed by atoms with Crippen LogP contribution in [0.1, 0.15) is 12.0 Å². The summed E-state index contributed by atoms with van der Waals surface area (Å²) < 4.78 is 0. The third-order valence-electron chi connectivity index (χ3n) is 2.53. The Balaban J connectivity index is 1.99. The molecule has 17 heavy (non-hydrogen) atoms. The van der Waals surface area contributed by atoms with Gasteiger partial charge in [-0.25, -0.2) is 0 Å². The molecule has 0 aliphatic heterocycles. The van der Waals surface area contributed by atoms with E-state index >= 15 is 0 Å². The van der Waals surface area contributed by atoms with Crippen LogP contribution >= 0.6 is 11.8 Å². The zero-order valence-electron chi connectivity index (χ0n) is 11.2. The predicted molar refractivity (Wildman–Crippen MR) is 77.9 cm³/mol. The summed E-state index contributed by atoms with van der Waals surface area (Å²) in [6, 6.07) is 8.75. The fraction of sp³-hybridized carbons (Fsp3) is 0.571. The van der Waals surface area contributed by atoms with Crippen LogP contribution in [0.2, 0.25) is 0 Å². The van der Waals surface area contributed by atoms with Gasteiger partial charge in [0.1, 0.15) is 0 Å². The maximum atomic E-state index is 3.47. The molecule has 1 aromatic carbocycles. The van der Waals surface area contributed by atoms with Gasteiger partial charge >= 0.3 is 0 Å². The van der Waals surface area contributed by atoms with Gasteiger partial charge in [0.2, 0.25) is 0 Å². The highest BCUT2D eigenvalue weighted by Crippen LogP contribution is 2.17. The molecule has 0 aliphatic rings. The van der Waals surface area contributed by atoms with Crippen LogP contribution in [-0.2, 0) is 0 Å². The number of thioether (sulfide) groups is 1. The third-order valence-corrected chi connectivity index (χ3v) is 3.54. The van der Waals surface area contributed by atoms with E-state index in [1.165, 1.54) is 16.9 Å². The molecule has 1 N–H and O–H groups in total. The molecule has 1 rings (SSSR count). The first kappa shape index (κ1) is 14.6. The van der Waals surface area contributed by atoms with E-state index in [1.54, 1.807) is 0 Å². The minimum Gasteiger partial charge on any atom is -0.316 e. The lowest BCUT2D eigenvalue weighted by molar-refractivity contribution is 0.396. The van der Waals surface area contributed by atoms with Crippen molar-refractivity contribution in [2.75, 3.05) is 39.5 Å². The Morgan fingerprint density at radius 2 is 1.82 bits per heavy atom. The quantitative estimate of drug-likeness (QED) is 0.565. The smallest absolute Gasteiger partial charge is 0.0106 e. The summed E-state index contributed by atoms with van der Waals surface area (Å²) in [6.07, 6.45) is 1.22. The summed E-state index contributed by atoms with van der Waals surface area (Å²) in [4.78, 5) is 3.59. The molecule has 1 aromatic rings. The summed E-state index contributed by atoms with van der Waals surface area (Å²) in [7, 11) is 4.24. The molecular formula is C14H24N2S. The van der Waals surface area contributed by atoms with E-state index in [4.69, 9.17) is 0 Å². The summed E-state index contributed by atoms with van der Waals surface area (Å²) in [5.41, 5.74) is 1.33. The minimum atomic E-state index is 1.09. The molecule has 0 bridgehead atoms. The Bertz CT molecular complexity index is 296. The lowest BCUT2D eigenvalue weighted by atomic mass is 10.2. The predicted octanol–water partition coefficient (Wildman–Crippen LogP) is 2.63. The molecule has 0 atom stereocenters. The minimum absolute atomic E-state index is 1.09. The Morgan fingerprint density at radius 3 is 2.47 bits per heavy atom. The van der Waals surface area contributed by atoms with Crippen LogP contribution < -0.4 is 5.32 Å². The molecule has 3 heteroatoms. The number of aryl methyl sites for hydroxylation is 1. The van der Waals surface area contributed by atoms with Gasteiger partial charge in [-0.3, -0.25) is 0 Å². The van der Waals surface area contributed by atoms with Gasteiger partial charge in [-0.1, -0.05) is 17.7 Å². The molecule has 0 radical (unpaired) electrons. The molecule has 0 amide bonds. The van der Waals surface area contributed by atoms with Gasteiger partial charge in [-0.05, 0) is 52.7 Å². The fourth-order valence-corrected chi connectivity index (χ4v) is 2.33. The molecule has 0 fully saturated rings. The van der Waals surface area contributed by atoms with Crippen molar-refractivity contribution in [2.45, 2.75) is 18.2 Å². The lowest BCUT2D eigenvalue weighted by Crippen LogP contribution is -2.23. The van der Waals surface area contributed by atoms with Gasteiger partial charge in [0.25, 0.3) is 0 Å². The molecule has 0 unspecified atom stereocenters. The van der Waals surface area contributed by atoms with Crippen molar-refractivity contribution >= 4 is 11.8 Å². The normalized spacial score (nSPS) is 11.1. The van der Waals surface area contributed by atoms with Gasteiger partial charge in [0.15, 0.2) is 0 Å². The molecule has 0 aliphatic carbocycles. The Kier molecular flexibility index (Phi) is 7.33. The van der Waals surface area contributed by atoms with E-state index < -0.39 is 0 Å². The van der Waals surface area contributed by atoms with Crippen molar-refractivity contribution in [3.63, 3.8) is 0 Å². The van der Waals surface area contributed by atoms with Crippen LogP contribution in [-0.4, -0.2) is 44.4 Å². The van der Waals surface area contributed by atoms with Gasteiger partial charge in [-0.2, -0.15) is 0 Å². The maximum absolute atomic E-state index is 3.47. The van der Waals surface area contributed by atoms with Crippen LogP contribution in [0.4, 0.5) is 0 Å². The van der Waals surface area contributed by atoms with E-state index in [9.17, 15) is 0 Å². The average molecular weight is 252 g/mol. The molecule has 0 aromatic heterocycles. The van der Waals surface area contributed by atoms with Gasteiger partial charge in [0.05, 0.1) is 0 Å². The average Bonchev–Trinajstić information content (AvgIpc) is 2.30. The number of hydrogen-bond acceptors (Lipinski definition) is 3. The number of hydrogen-bond donors (Lipinski definition) is 1. The summed E-state index contributed by atoms with van der Waals surface area (Å²) in [5.74, 6) is 1.14. The molecule has 96 valence electrons. The van der Waals surface area contributed by atoms with Gasteiger partial charge < -0.3 is 10.2 Å². The van der Waals surface area contributed by atoms with Crippen LogP contribution in [0.5, 0.6) is 0 Å². The number of benzene rings is 1. The lowest BCUT2D eigenvalue weighted by Gasteiger charge is -2.09. The molecule has 0 saturated carbocycles. The SMILES string of the molecule is Cc1ccc(SCCNCCCN(C)C)cc1. The fourth-order valence-electron chi connectivity index (χ4n) is 1.52. The first-order valence-electron chi connectivity index (χ1n) is 6.23. The summed E-state index contributed by atoms with van der Waals surface area (Å²) in [5, 5.41) is 3.47. The van der Waals surface area contributed by atoms with E-state index in [2.05, 4.69) is 55.5 Å². The van der Waals surface area contributed by atoms with E-state index in [0.717, 1.165) is 25.4 Å². The topological polar surface area (TPSA) is 15.3 Å². The Hall–Kier alpha value is -0.510. The van der Waals surface area contributed by atoms with Crippen molar-refractivity contribution in [3.8, 4) is 0 Å². The second-order valence-electron chi connectivity index (χ2n) is 4.57. The highest BCUT2D eigenvalue weighted by atomic mass is 32.2. The molecule has 0 heterocycles. The summed E-state index contributed by atoms with van der Waals surface area (Å²) >= 11 is 1.92. The van der Waals surface area contributed by atoms with Crippen molar-refractivity contribution in [1.82, 2.24) is 10.2 Å². The van der Waals surface area contributed by atoms with Crippen molar-refractivity contribution < 1.29 is 0 Å². The van der Waals surface area contributed by atoms with E-state index in [1.807, 2.05) is 11.8 Å². The highest BCUT2D eigenvalue weighted by molar-refractivity contribution is 7.99. The van der Waals surface area contributed by atoms with E-state index in [0.29, 0.717) is 0 Å².